The molecule has 1 fully saturated rings. The van der Waals surface area contributed by atoms with Gasteiger partial charge in [-0.1, -0.05) is 0 Å². The van der Waals surface area contributed by atoms with Crippen molar-refractivity contribution < 1.29 is 22.7 Å². The summed E-state index contributed by atoms with van der Waals surface area (Å²) in [6.07, 6.45) is 0. The van der Waals surface area contributed by atoms with Crippen LogP contribution in [-0.2, 0) is 4.74 Å². The minimum atomic E-state index is -1.65. The largest absolute Gasteiger partial charge is 0.377 e. The van der Waals surface area contributed by atoms with E-state index in [4.69, 9.17) is 10.5 Å². The summed E-state index contributed by atoms with van der Waals surface area (Å²) in [6, 6.07) is 1.26. The Kier molecular flexibility index (Phi) is 4.06. The van der Waals surface area contributed by atoms with E-state index < -0.39 is 35.0 Å². The lowest BCUT2D eigenvalue weighted by atomic mass is 10.1. The van der Waals surface area contributed by atoms with Crippen LogP contribution < -0.4 is 5.73 Å². The molecule has 2 rings (SSSR count). The second-order valence-corrected chi connectivity index (χ2v) is 4.19. The number of amides is 1. The van der Waals surface area contributed by atoms with Gasteiger partial charge in [0.2, 0.25) is 0 Å². The summed E-state index contributed by atoms with van der Waals surface area (Å²) >= 11 is 0. The van der Waals surface area contributed by atoms with Crippen molar-refractivity contribution >= 4 is 5.91 Å². The highest BCUT2D eigenvalue weighted by atomic mass is 19.2. The highest BCUT2D eigenvalue weighted by Gasteiger charge is 2.30. The lowest BCUT2D eigenvalue weighted by molar-refractivity contribution is 0.000543. The zero-order chi connectivity index (χ0) is 14.0. The maximum atomic E-state index is 13.6. The second-order valence-electron chi connectivity index (χ2n) is 4.19. The van der Waals surface area contributed by atoms with Crippen LogP contribution in [0.1, 0.15) is 10.4 Å². The third-order valence-corrected chi connectivity index (χ3v) is 3.03. The van der Waals surface area contributed by atoms with Crippen LogP contribution in [0.15, 0.2) is 12.1 Å². The van der Waals surface area contributed by atoms with Crippen LogP contribution in [0.4, 0.5) is 13.2 Å². The molecule has 1 amide bonds. The number of carbonyl (C=O) groups excluding carboxylic acids is 1. The van der Waals surface area contributed by atoms with Crippen molar-refractivity contribution in [3.63, 3.8) is 0 Å². The lowest BCUT2D eigenvalue weighted by Crippen LogP contribution is -2.52. The smallest absolute Gasteiger partial charge is 0.257 e. The second kappa shape index (κ2) is 5.58. The van der Waals surface area contributed by atoms with Crippen molar-refractivity contribution in [2.75, 3.05) is 26.3 Å². The van der Waals surface area contributed by atoms with E-state index in [0.29, 0.717) is 6.61 Å². The van der Waals surface area contributed by atoms with Gasteiger partial charge < -0.3 is 15.4 Å². The maximum Gasteiger partial charge on any atom is 0.257 e. The molecule has 1 atom stereocenters. The number of ether oxygens (including phenoxy) is 1. The Bertz CT molecular complexity index is 496. The molecule has 4 nitrogen and oxygen atoms in total. The molecular weight excluding hydrogens is 261 g/mol. The average Bonchev–Trinajstić information content (AvgIpc) is 2.44. The molecule has 0 aromatic heterocycles. The Morgan fingerprint density at radius 3 is 2.79 bits per heavy atom. The Balaban J connectivity index is 2.31. The van der Waals surface area contributed by atoms with Crippen LogP contribution >= 0.6 is 0 Å². The third-order valence-electron chi connectivity index (χ3n) is 3.03. The van der Waals surface area contributed by atoms with Gasteiger partial charge in [-0.2, -0.15) is 0 Å². The third kappa shape index (κ3) is 2.57. The minimum absolute atomic E-state index is 0.150. The van der Waals surface area contributed by atoms with Crippen molar-refractivity contribution in [2.45, 2.75) is 6.04 Å². The van der Waals surface area contributed by atoms with Gasteiger partial charge in [-0.05, 0) is 12.1 Å². The van der Waals surface area contributed by atoms with Crippen LogP contribution in [0.25, 0.3) is 0 Å². The maximum absolute atomic E-state index is 13.6. The van der Waals surface area contributed by atoms with Gasteiger partial charge in [-0.15, -0.1) is 0 Å². The fourth-order valence-electron chi connectivity index (χ4n) is 1.96. The number of hydrogen-bond acceptors (Lipinski definition) is 3. The molecule has 1 heterocycles. The first-order chi connectivity index (χ1) is 9.06. The normalized spacial score (nSPS) is 19.6. The summed E-state index contributed by atoms with van der Waals surface area (Å²) < 4.78 is 44.7. The Morgan fingerprint density at radius 2 is 2.11 bits per heavy atom. The molecule has 104 valence electrons. The van der Waals surface area contributed by atoms with E-state index in [9.17, 15) is 18.0 Å². The van der Waals surface area contributed by atoms with Crippen LogP contribution in [0, 0.1) is 17.5 Å². The number of nitrogens with zero attached hydrogens (tertiary/aromatic N) is 1. The molecule has 1 aliphatic heterocycles. The summed E-state index contributed by atoms with van der Waals surface area (Å²) in [6.45, 7) is 0.928. The number of rotatable bonds is 2. The lowest BCUT2D eigenvalue weighted by Gasteiger charge is -2.35. The molecule has 0 bridgehead atoms. The molecular formula is C12H13F3N2O2. The molecule has 0 aliphatic carbocycles. The molecule has 0 spiro atoms. The van der Waals surface area contributed by atoms with Gasteiger partial charge >= 0.3 is 0 Å². The van der Waals surface area contributed by atoms with E-state index in [1.54, 1.807) is 0 Å². The van der Waals surface area contributed by atoms with E-state index in [1.807, 2.05) is 0 Å². The topological polar surface area (TPSA) is 55.6 Å². The van der Waals surface area contributed by atoms with Gasteiger partial charge in [0.1, 0.15) is 0 Å². The number of benzene rings is 1. The average molecular weight is 274 g/mol. The number of halogens is 3. The van der Waals surface area contributed by atoms with E-state index in [0.717, 1.165) is 12.1 Å². The molecule has 0 radical (unpaired) electrons. The van der Waals surface area contributed by atoms with Crippen molar-refractivity contribution in [1.29, 1.82) is 0 Å². The van der Waals surface area contributed by atoms with E-state index in [1.165, 1.54) is 4.90 Å². The first-order valence-electron chi connectivity index (χ1n) is 5.78. The van der Waals surface area contributed by atoms with Crippen molar-refractivity contribution in [1.82, 2.24) is 4.90 Å². The van der Waals surface area contributed by atoms with Gasteiger partial charge in [0.15, 0.2) is 17.5 Å². The standard InChI is InChI=1S/C12H13F3N2O2/c13-9-2-1-8(10(14)11(9)15)12(18)17-3-4-19-6-7(17)5-16/h1-2,7H,3-6,16H2. The molecule has 7 heteroatoms. The summed E-state index contributed by atoms with van der Waals surface area (Å²) in [5.41, 5.74) is 5.00. The van der Waals surface area contributed by atoms with Crippen LogP contribution in [0.3, 0.4) is 0 Å². The number of carbonyl (C=O) groups is 1. The SMILES string of the molecule is NCC1COCCN1C(=O)c1ccc(F)c(F)c1F. The molecule has 1 aromatic rings. The molecule has 1 aromatic carbocycles. The zero-order valence-electron chi connectivity index (χ0n) is 10.0. The number of hydrogen-bond donors (Lipinski definition) is 1. The van der Waals surface area contributed by atoms with Crippen LogP contribution in [-0.4, -0.2) is 43.2 Å². The fraction of sp³-hybridized carbons (Fsp3) is 0.417. The van der Waals surface area contributed by atoms with Gasteiger partial charge in [0, 0.05) is 13.1 Å². The van der Waals surface area contributed by atoms with Gasteiger partial charge in [0.05, 0.1) is 24.8 Å². The Labute approximate surface area is 107 Å². The predicted molar refractivity (Wildman–Crippen MR) is 61.0 cm³/mol. The first kappa shape index (κ1) is 13.8. The molecule has 19 heavy (non-hydrogen) atoms. The summed E-state index contributed by atoms with van der Waals surface area (Å²) in [7, 11) is 0. The number of nitrogens with two attached hydrogens (primary N) is 1. The quantitative estimate of drug-likeness (QED) is 0.815. The predicted octanol–water partition coefficient (Wildman–Crippen LogP) is 0.904. The Hall–Kier alpha value is -1.60. The Morgan fingerprint density at radius 1 is 1.37 bits per heavy atom. The minimum Gasteiger partial charge on any atom is -0.377 e. The van der Waals surface area contributed by atoms with Gasteiger partial charge in [-0.25, -0.2) is 13.2 Å². The molecule has 1 unspecified atom stereocenters. The van der Waals surface area contributed by atoms with Gasteiger partial charge in [0.25, 0.3) is 5.91 Å². The van der Waals surface area contributed by atoms with E-state index >= 15 is 0 Å². The molecule has 2 N–H and O–H groups in total. The number of morpholine rings is 1. The van der Waals surface area contributed by atoms with E-state index in [2.05, 4.69) is 0 Å². The zero-order valence-corrected chi connectivity index (χ0v) is 10.0. The summed E-state index contributed by atoms with van der Waals surface area (Å²) in [5, 5.41) is 0. The molecule has 1 aliphatic rings. The van der Waals surface area contributed by atoms with Crippen LogP contribution in [0.5, 0.6) is 0 Å². The summed E-state index contributed by atoms with van der Waals surface area (Å²) in [5.74, 6) is -5.17. The molecule has 0 saturated carbocycles. The van der Waals surface area contributed by atoms with E-state index in [-0.39, 0.29) is 19.7 Å². The van der Waals surface area contributed by atoms with Crippen molar-refractivity contribution in [3.8, 4) is 0 Å². The first-order valence-corrected chi connectivity index (χ1v) is 5.78. The highest BCUT2D eigenvalue weighted by Crippen LogP contribution is 2.19. The van der Waals surface area contributed by atoms with Gasteiger partial charge in [-0.3, -0.25) is 4.79 Å². The van der Waals surface area contributed by atoms with Crippen molar-refractivity contribution in [3.05, 3.63) is 35.1 Å². The van der Waals surface area contributed by atoms with Crippen molar-refractivity contribution in [2.24, 2.45) is 5.73 Å². The molecule has 1 saturated heterocycles. The summed E-state index contributed by atoms with van der Waals surface area (Å²) in [4.78, 5) is 13.5. The fourth-order valence-corrected chi connectivity index (χ4v) is 1.96. The van der Waals surface area contributed by atoms with Crippen LogP contribution in [0.2, 0.25) is 0 Å². The highest BCUT2D eigenvalue weighted by molar-refractivity contribution is 5.94. The monoisotopic (exact) mass is 274 g/mol.